The third-order valence-electron chi connectivity index (χ3n) is 1.76. The third-order valence-corrected chi connectivity index (χ3v) is 1.76. The number of carboxylic acid groups (broad SMARTS) is 1. The molecule has 0 saturated heterocycles. The number of hydrogen-bond donors (Lipinski definition) is 1. The number of aliphatic carboxylic acids is 1. The summed E-state index contributed by atoms with van der Waals surface area (Å²) in [5, 5.41) is 8.72. The van der Waals surface area contributed by atoms with Crippen LogP contribution in [0, 0.1) is 0 Å². The van der Waals surface area contributed by atoms with E-state index >= 15 is 0 Å². The molecule has 0 aliphatic rings. The maximum atomic E-state index is 11.2. The van der Waals surface area contributed by atoms with Gasteiger partial charge in [0.05, 0.1) is 0 Å². The van der Waals surface area contributed by atoms with E-state index in [2.05, 4.69) is 6.58 Å². The summed E-state index contributed by atoms with van der Waals surface area (Å²) < 4.78 is 0. The lowest BCUT2D eigenvalue weighted by molar-refractivity contribution is -0.149. The number of amides is 1. The first-order valence-electron chi connectivity index (χ1n) is 4.09. The van der Waals surface area contributed by atoms with Crippen molar-refractivity contribution in [2.45, 2.75) is 32.9 Å². The van der Waals surface area contributed by atoms with Crippen LogP contribution in [0.5, 0.6) is 0 Å². The van der Waals surface area contributed by atoms with Gasteiger partial charge in [0.2, 0.25) is 5.91 Å². The summed E-state index contributed by atoms with van der Waals surface area (Å²) in [5.41, 5.74) is 0. The zero-order chi connectivity index (χ0) is 10.6. The average Bonchev–Trinajstić information content (AvgIpc) is 2.03. The second kappa shape index (κ2) is 4.64. The predicted octanol–water partition coefficient (Wildman–Crippen LogP) is 0.882. The molecule has 0 radical (unpaired) electrons. The summed E-state index contributed by atoms with van der Waals surface area (Å²) in [6.07, 6.45) is 1.12. The van der Waals surface area contributed by atoms with Gasteiger partial charge in [-0.05, 0) is 26.8 Å². The molecule has 1 N–H and O–H groups in total. The van der Waals surface area contributed by atoms with Crippen LogP contribution in [0.2, 0.25) is 0 Å². The smallest absolute Gasteiger partial charge is 0.326 e. The summed E-state index contributed by atoms with van der Waals surface area (Å²) in [4.78, 5) is 23.2. The molecule has 4 nitrogen and oxygen atoms in total. The van der Waals surface area contributed by atoms with Crippen molar-refractivity contribution in [1.82, 2.24) is 4.90 Å². The van der Waals surface area contributed by atoms with Crippen LogP contribution in [0.4, 0.5) is 0 Å². The number of hydrogen-bond acceptors (Lipinski definition) is 2. The summed E-state index contributed by atoms with van der Waals surface area (Å²) in [7, 11) is 0. The highest BCUT2D eigenvalue weighted by Gasteiger charge is 2.25. The monoisotopic (exact) mass is 185 g/mol. The molecule has 0 unspecified atom stereocenters. The SMILES string of the molecule is C=CC(=O)N(C(C)C)[C@H](C)C(=O)O. The highest BCUT2D eigenvalue weighted by Crippen LogP contribution is 2.06. The summed E-state index contributed by atoms with van der Waals surface area (Å²) in [5.74, 6) is -1.37. The number of carbonyl (C=O) groups is 2. The van der Waals surface area contributed by atoms with Gasteiger partial charge in [-0.2, -0.15) is 0 Å². The van der Waals surface area contributed by atoms with Gasteiger partial charge in [-0.1, -0.05) is 6.58 Å². The van der Waals surface area contributed by atoms with Crippen LogP contribution in [0.3, 0.4) is 0 Å². The van der Waals surface area contributed by atoms with Crippen LogP contribution in [-0.2, 0) is 9.59 Å². The normalized spacial score (nSPS) is 12.3. The van der Waals surface area contributed by atoms with Gasteiger partial charge in [-0.3, -0.25) is 4.79 Å². The third kappa shape index (κ3) is 2.89. The standard InChI is InChI=1S/C9H15NO3/c1-5-8(11)10(6(2)3)7(4)9(12)13/h5-7H,1H2,2-4H3,(H,12,13)/t7-/m1/s1. The number of carbonyl (C=O) groups excluding carboxylic acids is 1. The van der Waals surface area contributed by atoms with Gasteiger partial charge in [0.1, 0.15) is 6.04 Å². The molecule has 0 aromatic rings. The Hall–Kier alpha value is -1.32. The molecule has 0 heterocycles. The zero-order valence-electron chi connectivity index (χ0n) is 8.15. The minimum Gasteiger partial charge on any atom is -0.480 e. The lowest BCUT2D eigenvalue weighted by Crippen LogP contribution is -2.46. The van der Waals surface area contributed by atoms with E-state index in [9.17, 15) is 9.59 Å². The van der Waals surface area contributed by atoms with Crippen LogP contribution < -0.4 is 0 Å². The van der Waals surface area contributed by atoms with Crippen molar-refractivity contribution in [2.75, 3.05) is 0 Å². The first kappa shape index (κ1) is 11.7. The Bertz CT molecular complexity index is 223. The van der Waals surface area contributed by atoms with Gasteiger partial charge in [0.15, 0.2) is 0 Å². The molecular weight excluding hydrogens is 170 g/mol. The second-order valence-electron chi connectivity index (χ2n) is 3.06. The predicted molar refractivity (Wildman–Crippen MR) is 49.3 cm³/mol. The molecule has 0 aliphatic heterocycles. The minimum atomic E-state index is -1.01. The first-order chi connectivity index (χ1) is 5.91. The van der Waals surface area contributed by atoms with Crippen LogP contribution in [0.25, 0.3) is 0 Å². The quantitative estimate of drug-likeness (QED) is 0.661. The highest BCUT2D eigenvalue weighted by molar-refractivity contribution is 5.90. The van der Waals surface area contributed by atoms with Crippen molar-refractivity contribution in [3.05, 3.63) is 12.7 Å². The van der Waals surface area contributed by atoms with E-state index in [1.807, 2.05) is 0 Å². The first-order valence-corrected chi connectivity index (χ1v) is 4.09. The van der Waals surface area contributed by atoms with E-state index in [1.54, 1.807) is 13.8 Å². The largest absolute Gasteiger partial charge is 0.480 e. The Kier molecular flexibility index (Phi) is 4.17. The molecule has 13 heavy (non-hydrogen) atoms. The van der Waals surface area contributed by atoms with Crippen molar-refractivity contribution < 1.29 is 14.7 Å². The Balaban J connectivity index is 4.70. The molecule has 4 heteroatoms. The van der Waals surface area contributed by atoms with Gasteiger partial charge in [-0.15, -0.1) is 0 Å². The Morgan fingerprint density at radius 1 is 1.38 bits per heavy atom. The van der Waals surface area contributed by atoms with E-state index in [0.717, 1.165) is 6.08 Å². The van der Waals surface area contributed by atoms with Crippen LogP contribution >= 0.6 is 0 Å². The number of carboxylic acids is 1. The van der Waals surface area contributed by atoms with Crippen molar-refractivity contribution in [1.29, 1.82) is 0 Å². The molecule has 0 bridgehead atoms. The maximum Gasteiger partial charge on any atom is 0.326 e. The van der Waals surface area contributed by atoms with Crippen LogP contribution in [0.1, 0.15) is 20.8 Å². The Morgan fingerprint density at radius 3 is 2.08 bits per heavy atom. The molecule has 0 aromatic heterocycles. The summed E-state index contributed by atoms with van der Waals surface area (Å²) in [6, 6.07) is -0.956. The van der Waals surface area contributed by atoms with Crippen molar-refractivity contribution in [2.24, 2.45) is 0 Å². The molecule has 0 aromatic carbocycles. The topological polar surface area (TPSA) is 57.6 Å². The number of rotatable bonds is 4. The molecule has 0 fully saturated rings. The number of nitrogens with zero attached hydrogens (tertiary/aromatic N) is 1. The Labute approximate surface area is 77.8 Å². The molecule has 0 spiro atoms. The fraction of sp³-hybridized carbons (Fsp3) is 0.556. The van der Waals surface area contributed by atoms with Gasteiger partial charge in [0.25, 0.3) is 0 Å². The van der Waals surface area contributed by atoms with Crippen LogP contribution in [-0.4, -0.2) is 34.0 Å². The van der Waals surface area contributed by atoms with Gasteiger partial charge >= 0.3 is 5.97 Å². The van der Waals surface area contributed by atoms with E-state index in [0.29, 0.717) is 0 Å². The summed E-state index contributed by atoms with van der Waals surface area (Å²) >= 11 is 0. The molecule has 0 aliphatic carbocycles. The molecule has 0 rings (SSSR count). The molecule has 1 amide bonds. The maximum absolute atomic E-state index is 11.2. The summed E-state index contributed by atoms with van der Waals surface area (Å²) in [6.45, 7) is 8.33. The van der Waals surface area contributed by atoms with Crippen molar-refractivity contribution in [3.63, 3.8) is 0 Å². The van der Waals surface area contributed by atoms with Gasteiger partial charge in [0, 0.05) is 6.04 Å². The highest BCUT2D eigenvalue weighted by atomic mass is 16.4. The van der Waals surface area contributed by atoms with Crippen LogP contribution in [0.15, 0.2) is 12.7 Å². The Morgan fingerprint density at radius 2 is 1.85 bits per heavy atom. The molecule has 74 valence electrons. The lowest BCUT2D eigenvalue weighted by Gasteiger charge is -2.29. The van der Waals surface area contributed by atoms with E-state index in [1.165, 1.54) is 11.8 Å². The van der Waals surface area contributed by atoms with E-state index in [-0.39, 0.29) is 11.9 Å². The van der Waals surface area contributed by atoms with Gasteiger partial charge in [-0.25, -0.2) is 4.79 Å². The molecular formula is C9H15NO3. The average molecular weight is 185 g/mol. The molecule has 0 saturated carbocycles. The fourth-order valence-electron chi connectivity index (χ4n) is 1.12. The lowest BCUT2D eigenvalue weighted by atomic mass is 10.2. The zero-order valence-corrected chi connectivity index (χ0v) is 8.15. The minimum absolute atomic E-state index is 0.142. The second-order valence-corrected chi connectivity index (χ2v) is 3.06. The van der Waals surface area contributed by atoms with E-state index < -0.39 is 12.0 Å². The molecule has 1 atom stereocenters. The van der Waals surface area contributed by atoms with Crippen molar-refractivity contribution in [3.8, 4) is 0 Å². The van der Waals surface area contributed by atoms with Crippen molar-refractivity contribution >= 4 is 11.9 Å². The van der Waals surface area contributed by atoms with E-state index in [4.69, 9.17) is 5.11 Å². The van der Waals surface area contributed by atoms with Gasteiger partial charge < -0.3 is 10.0 Å². The fourth-order valence-corrected chi connectivity index (χ4v) is 1.12.